The second-order valence-corrected chi connectivity index (χ2v) is 7.33. The first kappa shape index (κ1) is 18.1. The minimum absolute atomic E-state index is 0.0205. The first-order chi connectivity index (χ1) is 9.97. The highest BCUT2D eigenvalue weighted by Crippen LogP contribution is 2.39. The predicted octanol–water partition coefficient (Wildman–Crippen LogP) is 2.80. The predicted molar refractivity (Wildman–Crippen MR) is 86.6 cm³/mol. The minimum atomic E-state index is -3.07. The van der Waals surface area contributed by atoms with Crippen molar-refractivity contribution in [2.45, 2.75) is 18.7 Å². The summed E-state index contributed by atoms with van der Waals surface area (Å²) in [6.07, 6.45) is 0.606. The normalized spacial score (nSPS) is 11.2. The van der Waals surface area contributed by atoms with Gasteiger partial charge < -0.3 is 14.2 Å². The quantitative estimate of drug-likeness (QED) is 0.616. The third kappa shape index (κ3) is 5.39. The van der Waals surface area contributed by atoms with Crippen LogP contribution in [0.15, 0.2) is 12.1 Å². The van der Waals surface area contributed by atoms with Crippen LogP contribution >= 0.6 is 15.9 Å². The van der Waals surface area contributed by atoms with E-state index in [0.29, 0.717) is 29.0 Å². The van der Waals surface area contributed by atoms with Crippen LogP contribution in [0.2, 0.25) is 0 Å². The maximum absolute atomic E-state index is 11.7. The molecule has 0 aromatic heterocycles. The molecule has 0 spiro atoms. The molecule has 0 radical (unpaired) electrons. The van der Waals surface area contributed by atoms with E-state index in [9.17, 15) is 8.42 Å². The lowest BCUT2D eigenvalue weighted by Gasteiger charge is -2.15. The molecule has 5 nitrogen and oxygen atoms in total. The Kier molecular flexibility index (Phi) is 7.31. The van der Waals surface area contributed by atoms with Gasteiger partial charge in [-0.05, 0) is 24.1 Å². The highest BCUT2D eigenvalue weighted by Gasteiger charge is 2.16. The molecule has 0 fully saturated rings. The molecule has 1 aromatic rings. The summed E-state index contributed by atoms with van der Waals surface area (Å²) >= 11 is 3.37. The summed E-state index contributed by atoms with van der Waals surface area (Å²) in [5, 5.41) is 0.658. The van der Waals surface area contributed by atoms with Crippen LogP contribution in [0.3, 0.4) is 0 Å². The average Bonchev–Trinajstić information content (AvgIpc) is 2.46. The maximum Gasteiger partial charge on any atom is 0.203 e. The molecule has 7 heteroatoms. The Morgan fingerprint density at radius 1 is 1.10 bits per heavy atom. The topological polar surface area (TPSA) is 61.8 Å². The van der Waals surface area contributed by atoms with Crippen LogP contribution in [-0.2, 0) is 15.2 Å². The van der Waals surface area contributed by atoms with Crippen LogP contribution in [0.25, 0.3) is 0 Å². The lowest BCUT2D eigenvalue weighted by Crippen LogP contribution is -2.17. The second-order valence-electron chi connectivity index (χ2n) is 4.46. The molecule has 1 aromatic carbocycles. The van der Waals surface area contributed by atoms with E-state index < -0.39 is 9.84 Å². The Labute approximate surface area is 134 Å². The van der Waals surface area contributed by atoms with Crippen LogP contribution in [0.5, 0.6) is 17.2 Å². The number of halogens is 1. The van der Waals surface area contributed by atoms with Crippen LogP contribution < -0.4 is 14.2 Å². The molecule has 0 atom stereocenters. The van der Waals surface area contributed by atoms with Crippen LogP contribution in [-0.4, -0.2) is 40.7 Å². The molecule has 0 aliphatic carbocycles. The van der Waals surface area contributed by atoms with Crippen molar-refractivity contribution in [3.63, 3.8) is 0 Å². The number of sulfone groups is 1. The number of hydrogen-bond acceptors (Lipinski definition) is 5. The maximum atomic E-state index is 11.7. The van der Waals surface area contributed by atoms with E-state index in [1.54, 1.807) is 0 Å². The molecule has 0 amide bonds. The number of rotatable bonds is 9. The number of ether oxygens (including phenoxy) is 3. The molecule has 0 heterocycles. The van der Waals surface area contributed by atoms with Crippen molar-refractivity contribution in [2.24, 2.45) is 0 Å². The van der Waals surface area contributed by atoms with Crippen molar-refractivity contribution >= 4 is 25.8 Å². The van der Waals surface area contributed by atoms with Gasteiger partial charge in [0.25, 0.3) is 0 Å². The Morgan fingerprint density at radius 2 is 1.67 bits per heavy atom. The van der Waals surface area contributed by atoms with E-state index in [2.05, 4.69) is 15.9 Å². The monoisotopic (exact) mass is 380 g/mol. The molecule has 1 rings (SSSR count). The summed E-state index contributed by atoms with van der Waals surface area (Å²) < 4.78 is 39.5. The Morgan fingerprint density at radius 3 is 2.10 bits per heavy atom. The van der Waals surface area contributed by atoms with Gasteiger partial charge >= 0.3 is 0 Å². The summed E-state index contributed by atoms with van der Waals surface area (Å²) in [6, 6.07) is 3.65. The van der Waals surface area contributed by atoms with Crippen molar-refractivity contribution in [3.05, 3.63) is 17.7 Å². The Bertz CT molecular complexity index is 531. The van der Waals surface area contributed by atoms with Gasteiger partial charge in [-0.2, -0.15) is 0 Å². The fraction of sp³-hybridized carbons (Fsp3) is 0.571. The fourth-order valence-electron chi connectivity index (χ4n) is 1.84. The van der Waals surface area contributed by atoms with Gasteiger partial charge in [0.15, 0.2) is 21.3 Å². The largest absolute Gasteiger partial charge is 0.493 e. The van der Waals surface area contributed by atoms with Gasteiger partial charge in [0.1, 0.15) is 6.61 Å². The van der Waals surface area contributed by atoms with Crippen molar-refractivity contribution in [2.75, 3.05) is 32.3 Å². The third-order valence-corrected chi connectivity index (χ3v) is 5.30. The first-order valence-corrected chi connectivity index (χ1v) is 9.55. The molecular weight excluding hydrogens is 360 g/mol. The van der Waals surface area contributed by atoms with Gasteiger partial charge in [-0.25, -0.2) is 8.42 Å². The SMILES string of the molecule is CCCS(=O)(=O)CCOc1c(OC)cc(CBr)cc1OC. The van der Waals surface area contributed by atoms with E-state index in [4.69, 9.17) is 14.2 Å². The number of hydrogen-bond donors (Lipinski definition) is 0. The zero-order valence-electron chi connectivity index (χ0n) is 12.5. The summed E-state index contributed by atoms with van der Waals surface area (Å²) in [5.74, 6) is 1.63. The third-order valence-electron chi connectivity index (χ3n) is 2.83. The molecule has 0 aliphatic rings. The second kappa shape index (κ2) is 8.48. The van der Waals surface area contributed by atoms with Gasteiger partial charge in [-0.1, -0.05) is 22.9 Å². The average molecular weight is 381 g/mol. The number of methoxy groups -OCH3 is 2. The zero-order valence-corrected chi connectivity index (χ0v) is 14.9. The van der Waals surface area contributed by atoms with Gasteiger partial charge in [0.2, 0.25) is 5.75 Å². The highest BCUT2D eigenvalue weighted by atomic mass is 79.9. The minimum Gasteiger partial charge on any atom is -0.493 e. The van der Waals surface area contributed by atoms with Gasteiger partial charge in [-0.3, -0.25) is 0 Å². The molecule has 21 heavy (non-hydrogen) atoms. The van der Waals surface area contributed by atoms with Crippen LogP contribution in [0, 0.1) is 0 Å². The smallest absolute Gasteiger partial charge is 0.203 e. The Balaban J connectivity index is 2.87. The van der Waals surface area contributed by atoms with Gasteiger partial charge in [0, 0.05) is 5.33 Å². The summed E-state index contributed by atoms with van der Waals surface area (Å²) in [4.78, 5) is 0. The highest BCUT2D eigenvalue weighted by molar-refractivity contribution is 9.08. The summed E-state index contributed by atoms with van der Waals surface area (Å²) in [6.45, 7) is 1.91. The van der Waals surface area contributed by atoms with E-state index in [1.807, 2.05) is 19.1 Å². The molecule has 120 valence electrons. The lowest BCUT2D eigenvalue weighted by molar-refractivity contribution is 0.288. The lowest BCUT2D eigenvalue weighted by atomic mass is 10.2. The van der Waals surface area contributed by atoms with Crippen molar-refractivity contribution < 1.29 is 22.6 Å². The summed E-state index contributed by atoms with van der Waals surface area (Å²) in [5.41, 5.74) is 0.981. The summed E-state index contributed by atoms with van der Waals surface area (Å²) in [7, 11) is 0.00248. The van der Waals surface area contributed by atoms with Crippen LogP contribution in [0.4, 0.5) is 0 Å². The first-order valence-electron chi connectivity index (χ1n) is 6.61. The van der Waals surface area contributed by atoms with Crippen molar-refractivity contribution in [1.29, 1.82) is 0 Å². The van der Waals surface area contributed by atoms with E-state index in [0.717, 1.165) is 5.56 Å². The molecule has 0 saturated carbocycles. The molecule has 0 aliphatic heterocycles. The fourth-order valence-corrected chi connectivity index (χ4v) is 3.32. The van der Waals surface area contributed by atoms with Crippen molar-refractivity contribution in [3.8, 4) is 17.2 Å². The number of alkyl halides is 1. The molecule has 0 N–H and O–H groups in total. The van der Waals surface area contributed by atoms with Crippen LogP contribution in [0.1, 0.15) is 18.9 Å². The van der Waals surface area contributed by atoms with E-state index in [1.165, 1.54) is 14.2 Å². The standard InChI is InChI=1S/C14H21BrO5S/c1-4-6-21(16,17)7-5-20-14-12(18-2)8-11(10-15)9-13(14)19-3/h8-9H,4-7,10H2,1-3H3. The van der Waals surface area contributed by atoms with Crippen molar-refractivity contribution in [1.82, 2.24) is 0 Å². The zero-order chi connectivity index (χ0) is 15.9. The van der Waals surface area contributed by atoms with E-state index >= 15 is 0 Å². The molecule has 0 bridgehead atoms. The molecular formula is C14H21BrO5S. The number of benzene rings is 1. The van der Waals surface area contributed by atoms with Gasteiger partial charge in [-0.15, -0.1) is 0 Å². The molecule has 0 unspecified atom stereocenters. The van der Waals surface area contributed by atoms with Gasteiger partial charge in [0.05, 0.1) is 25.7 Å². The molecule has 0 saturated heterocycles. The van der Waals surface area contributed by atoms with E-state index in [-0.39, 0.29) is 18.1 Å². The Hall–Kier alpha value is -0.950.